The summed E-state index contributed by atoms with van der Waals surface area (Å²) in [6, 6.07) is 7.84. The summed E-state index contributed by atoms with van der Waals surface area (Å²) in [6.45, 7) is 0. The molecule has 0 radical (unpaired) electrons. The fourth-order valence-electron chi connectivity index (χ4n) is 2.84. The van der Waals surface area contributed by atoms with Crippen molar-refractivity contribution >= 4 is 23.1 Å². The first-order chi connectivity index (χ1) is 11.6. The third-order valence-corrected chi connectivity index (χ3v) is 4.18. The van der Waals surface area contributed by atoms with Gasteiger partial charge in [-0.25, -0.2) is 10.8 Å². The zero-order chi connectivity index (χ0) is 17.1. The molecule has 2 aromatic rings. The lowest BCUT2D eigenvalue weighted by molar-refractivity contribution is 0.415. The topological polar surface area (TPSA) is 128 Å². The minimum absolute atomic E-state index is 0.237. The monoisotopic (exact) mass is 329 g/mol. The van der Waals surface area contributed by atoms with Crippen LogP contribution in [0.25, 0.3) is 0 Å². The van der Waals surface area contributed by atoms with Gasteiger partial charge in [0, 0.05) is 12.1 Å². The molecule has 2 atom stereocenters. The van der Waals surface area contributed by atoms with Crippen LogP contribution in [0.2, 0.25) is 0 Å². The van der Waals surface area contributed by atoms with Gasteiger partial charge in [-0.05, 0) is 43.5 Å². The largest absolute Gasteiger partial charge is 0.497 e. The van der Waals surface area contributed by atoms with Crippen molar-refractivity contribution < 1.29 is 4.74 Å². The molecule has 0 spiro atoms. The van der Waals surface area contributed by atoms with Gasteiger partial charge in [0.15, 0.2) is 5.82 Å². The number of nitrogens with zero attached hydrogens (tertiary/aromatic N) is 3. The molecule has 0 bridgehead atoms. The molecule has 0 amide bonds. The fraction of sp³-hybridized carbons (Fsp3) is 0.375. The van der Waals surface area contributed by atoms with Gasteiger partial charge < -0.3 is 21.5 Å². The highest BCUT2D eigenvalue weighted by molar-refractivity contribution is 5.70. The van der Waals surface area contributed by atoms with Gasteiger partial charge in [0.25, 0.3) is 0 Å². The molecule has 3 rings (SSSR count). The number of nitrogen functional groups attached to an aromatic ring is 1. The number of anilines is 4. The maximum Gasteiger partial charge on any atom is 0.225 e. The van der Waals surface area contributed by atoms with Crippen LogP contribution < -0.4 is 32.4 Å². The molecule has 1 heterocycles. The Hall–Kier alpha value is -2.58. The molecular weight excluding hydrogens is 306 g/mol. The van der Waals surface area contributed by atoms with Crippen LogP contribution in [0.4, 0.5) is 23.1 Å². The number of aromatic nitrogens is 2. The molecule has 0 saturated heterocycles. The molecule has 2 unspecified atom stereocenters. The summed E-state index contributed by atoms with van der Waals surface area (Å²) < 4.78 is 5.15. The van der Waals surface area contributed by atoms with Crippen molar-refractivity contribution in [2.45, 2.75) is 31.3 Å². The summed E-state index contributed by atoms with van der Waals surface area (Å²) in [5.74, 6) is 7.88. The summed E-state index contributed by atoms with van der Waals surface area (Å²) in [4.78, 5) is 8.70. The van der Waals surface area contributed by atoms with Crippen molar-refractivity contribution in [2.24, 2.45) is 11.6 Å². The Morgan fingerprint density at radius 1 is 1.25 bits per heavy atom. The van der Waals surface area contributed by atoms with E-state index in [9.17, 15) is 0 Å². The highest BCUT2D eigenvalue weighted by Crippen LogP contribution is 2.28. The van der Waals surface area contributed by atoms with Crippen LogP contribution >= 0.6 is 0 Å². The van der Waals surface area contributed by atoms with E-state index in [1.54, 1.807) is 13.3 Å². The van der Waals surface area contributed by atoms with Crippen LogP contribution in [0.3, 0.4) is 0 Å². The Balaban J connectivity index is 1.79. The number of methoxy groups -OCH3 is 1. The van der Waals surface area contributed by atoms with Gasteiger partial charge in [-0.3, -0.25) is 5.01 Å². The van der Waals surface area contributed by atoms with Gasteiger partial charge in [-0.15, -0.1) is 0 Å². The van der Waals surface area contributed by atoms with E-state index in [1.807, 2.05) is 24.3 Å². The summed E-state index contributed by atoms with van der Waals surface area (Å²) in [5, 5.41) is 4.74. The van der Waals surface area contributed by atoms with E-state index < -0.39 is 0 Å². The van der Waals surface area contributed by atoms with E-state index in [0.717, 1.165) is 30.7 Å². The molecule has 1 aliphatic rings. The highest BCUT2D eigenvalue weighted by Gasteiger charge is 2.22. The van der Waals surface area contributed by atoms with Gasteiger partial charge in [-0.2, -0.15) is 4.98 Å². The first-order valence-electron chi connectivity index (χ1n) is 7.90. The van der Waals surface area contributed by atoms with E-state index in [4.69, 9.17) is 22.0 Å². The number of benzene rings is 1. The lowest BCUT2D eigenvalue weighted by Crippen LogP contribution is -2.28. The van der Waals surface area contributed by atoms with Crippen LogP contribution in [0.1, 0.15) is 19.3 Å². The molecule has 8 nitrogen and oxygen atoms in total. The molecular formula is C16H23N7O. The predicted octanol–water partition coefficient (Wildman–Crippen LogP) is 1.37. The average molecular weight is 329 g/mol. The maximum atomic E-state index is 6.18. The summed E-state index contributed by atoms with van der Waals surface area (Å²) in [6.07, 6.45) is 4.49. The molecule has 1 saturated carbocycles. The van der Waals surface area contributed by atoms with Crippen molar-refractivity contribution in [2.75, 3.05) is 23.2 Å². The quantitative estimate of drug-likeness (QED) is 0.478. The molecule has 128 valence electrons. The van der Waals surface area contributed by atoms with Crippen LogP contribution in [-0.4, -0.2) is 29.2 Å². The highest BCUT2D eigenvalue weighted by atomic mass is 16.5. The minimum Gasteiger partial charge on any atom is -0.497 e. The van der Waals surface area contributed by atoms with Crippen molar-refractivity contribution in [1.82, 2.24) is 9.97 Å². The number of rotatable bonds is 5. The van der Waals surface area contributed by atoms with Crippen LogP contribution in [0.15, 0.2) is 30.5 Å². The summed E-state index contributed by atoms with van der Waals surface area (Å²) in [7, 11) is 1.62. The second-order valence-electron chi connectivity index (χ2n) is 5.95. The third kappa shape index (κ3) is 3.50. The average Bonchev–Trinajstić information content (AvgIpc) is 3.01. The molecule has 1 aliphatic carbocycles. The van der Waals surface area contributed by atoms with Crippen molar-refractivity contribution in [3.8, 4) is 5.75 Å². The number of hydrazine groups is 1. The van der Waals surface area contributed by atoms with E-state index in [-0.39, 0.29) is 12.1 Å². The number of nitrogens with one attached hydrogen (secondary N) is 1. The minimum atomic E-state index is 0.237. The Labute approximate surface area is 141 Å². The Morgan fingerprint density at radius 3 is 2.62 bits per heavy atom. The van der Waals surface area contributed by atoms with Gasteiger partial charge >= 0.3 is 0 Å². The lowest BCUT2D eigenvalue weighted by Gasteiger charge is -2.21. The molecule has 1 aromatic carbocycles. The van der Waals surface area contributed by atoms with Crippen molar-refractivity contribution in [3.63, 3.8) is 0 Å². The Morgan fingerprint density at radius 2 is 2.00 bits per heavy atom. The second-order valence-corrected chi connectivity index (χ2v) is 5.95. The molecule has 1 fully saturated rings. The fourth-order valence-corrected chi connectivity index (χ4v) is 2.84. The normalized spacial score (nSPS) is 20.0. The van der Waals surface area contributed by atoms with Gasteiger partial charge in [-0.1, -0.05) is 0 Å². The molecule has 0 aliphatic heterocycles. The Bertz CT molecular complexity index is 691. The molecule has 1 aromatic heterocycles. The molecule has 8 heteroatoms. The summed E-state index contributed by atoms with van der Waals surface area (Å²) >= 11 is 0. The number of hydrogen-bond acceptors (Lipinski definition) is 8. The number of ether oxygens (including phenoxy) is 1. The smallest absolute Gasteiger partial charge is 0.225 e. The maximum absolute atomic E-state index is 6.18. The second kappa shape index (κ2) is 6.90. The van der Waals surface area contributed by atoms with E-state index in [1.165, 1.54) is 5.01 Å². The van der Waals surface area contributed by atoms with E-state index in [2.05, 4.69) is 15.3 Å². The van der Waals surface area contributed by atoms with Crippen LogP contribution in [0.5, 0.6) is 5.75 Å². The van der Waals surface area contributed by atoms with E-state index >= 15 is 0 Å². The standard InChI is InChI=1S/C16H23N7O/c1-24-13-6-4-12(5-7-13)23(19)15-14(18)9-20-16(22-15)21-11-3-2-10(17)8-11/h4-7,9-11H,2-3,8,17-19H2,1H3,(H,20,21,22). The lowest BCUT2D eigenvalue weighted by atomic mass is 10.2. The predicted molar refractivity (Wildman–Crippen MR) is 95.0 cm³/mol. The first-order valence-corrected chi connectivity index (χ1v) is 7.90. The van der Waals surface area contributed by atoms with Crippen molar-refractivity contribution in [1.29, 1.82) is 0 Å². The zero-order valence-electron chi connectivity index (χ0n) is 13.6. The first kappa shape index (κ1) is 16.3. The Kier molecular flexibility index (Phi) is 4.68. The summed E-state index contributed by atoms with van der Waals surface area (Å²) in [5.41, 5.74) is 13.1. The third-order valence-electron chi connectivity index (χ3n) is 4.18. The number of nitrogens with two attached hydrogens (primary N) is 3. The van der Waals surface area contributed by atoms with E-state index in [0.29, 0.717) is 17.5 Å². The van der Waals surface area contributed by atoms with Gasteiger partial charge in [0.05, 0.1) is 24.7 Å². The molecule has 24 heavy (non-hydrogen) atoms. The van der Waals surface area contributed by atoms with Crippen LogP contribution in [0, 0.1) is 0 Å². The van der Waals surface area contributed by atoms with Crippen LogP contribution in [-0.2, 0) is 0 Å². The van der Waals surface area contributed by atoms with Crippen molar-refractivity contribution in [3.05, 3.63) is 30.5 Å². The zero-order valence-corrected chi connectivity index (χ0v) is 13.6. The number of hydrogen-bond donors (Lipinski definition) is 4. The van der Waals surface area contributed by atoms with Gasteiger partial charge in [0.2, 0.25) is 5.95 Å². The van der Waals surface area contributed by atoms with Gasteiger partial charge in [0.1, 0.15) is 5.75 Å². The SMILES string of the molecule is COc1ccc(N(N)c2nc(NC3CCC(N)C3)ncc2N)cc1. The molecule has 7 N–H and O–H groups in total.